The molecule has 0 bridgehead atoms. The number of hydrogen-bond acceptors (Lipinski definition) is 2. The van der Waals surface area contributed by atoms with E-state index in [9.17, 15) is 5.11 Å². The number of phenolic OH excluding ortho intramolecular Hbond substituents is 1. The maximum atomic E-state index is 9.62. The minimum atomic E-state index is 0.317. The molecule has 0 saturated heterocycles. The minimum Gasteiger partial charge on any atom is -0.508 e. The Morgan fingerprint density at radius 1 is 1.27 bits per heavy atom. The standard InChI is InChI=1S/C12H14N2O/c1-8-7-14(3)13-12(8)10-5-4-6-11(15)9(10)2/h4-7,15H,1-3H3. The summed E-state index contributed by atoms with van der Waals surface area (Å²) < 4.78 is 1.79. The lowest BCUT2D eigenvalue weighted by atomic mass is 10.0. The molecule has 78 valence electrons. The molecule has 1 aromatic carbocycles. The van der Waals surface area contributed by atoms with Crippen LogP contribution in [0.25, 0.3) is 11.3 Å². The van der Waals surface area contributed by atoms with Crippen LogP contribution in [0.1, 0.15) is 11.1 Å². The molecular weight excluding hydrogens is 188 g/mol. The van der Waals surface area contributed by atoms with Crippen LogP contribution >= 0.6 is 0 Å². The Morgan fingerprint density at radius 2 is 2.00 bits per heavy atom. The van der Waals surface area contributed by atoms with E-state index in [0.717, 1.165) is 22.4 Å². The van der Waals surface area contributed by atoms with Crippen molar-refractivity contribution in [2.45, 2.75) is 13.8 Å². The van der Waals surface area contributed by atoms with Gasteiger partial charge >= 0.3 is 0 Å². The van der Waals surface area contributed by atoms with Crippen LogP contribution in [0.15, 0.2) is 24.4 Å². The lowest BCUT2D eigenvalue weighted by Gasteiger charge is -2.05. The third-order valence-electron chi connectivity index (χ3n) is 2.57. The molecule has 2 aromatic rings. The van der Waals surface area contributed by atoms with E-state index in [1.165, 1.54) is 0 Å². The number of aromatic nitrogens is 2. The molecule has 3 heteroatoms. The van der Waals surface area contributed by atoms with Crippen molar-refractivity contribution in [3.63, 3.8) is 0 Å². The van der Waals surface area contributed by atoms with Gasteiger partial charge in [0.05, 0.1) is 5.69 Å². The van der Waals surface area contributed by atoms with Crippen LogP contribution < -0.4 is 0 Å². The maximum Gasteiger partial charge on any atom is 0.119 e. The molecular formula is C12H14N2O. The molecule has 0 radical (unpaired) electrons. The Hall–Kier alpha value is -1.77. The first-order valence-corrected chi connectivity index (χ1v) is 4.89. The molecule has 3 nitrogen and oxygen atoms in total. The zero-order valence-corrected chi connectivity index (χ0v) is 9.15. The summed E-state index contributed by atoms with van der Waals surface area (Å²) >= 11 is 0. The van der Waals surface area contributed by atoms with E-state index in [4.69, 9.17) is 0 Å². The second-order valence-corrected chi connectivity index (χ2v) is 3.78. The Morgan fingerprint density at radius 3 is 2.60 bits per heavy atom. The highest BCUT2D eigenvalue weighted by Gasteiger charge is 2.10. The number of aryl methyl sites for hydroxylation is 2. The number of benzene rings is 1. The highest BCUT2D eigenvalue weighted by atomic mass is 16.3. The van der Waals surface area contributed by atoms with E-state index >= 15 is 0 Å². The summed E-state index contributed by atoms with van der Waals surface area (Å²) in [6.07, 6.45) is 1.97. The number of rotatable bonds is 1. The summed E-state index contributed by atoms with van der Waals surface area (Å²) in [5, 5.41) is 14.0. The van der Waals surface area contributed by atoms with Crippen LogP contribution in [0.5, 0.6) is 5.75 Å². The minimum absolute atomic E-state index is 0.317. The second kappa shape index (κ2) is 3.42. The largest absolute Gasteiger partial charge is 0.508 e. The normalized spacial score (nSPS) is 10.6. The molecule has 0 aliphatic rings. The van der Waals surface area contributed by atoms with E-state index in [1.54, 1.807) is 10.7 Å². The summed E-state index contributed by atoms with van der Waals surface area (Å²) in [6.45, 7) is 3.92. The first-order valence-electron chi connectivity index (χ1n) is 4.89. The molecule has 0 aliphatic carbocycles. The van der Waals surface area contributed by atoms with E-state index in [0.29, 0.717) is 5.75 Å². The van der Waals surface area contributed by atoms with Crippen LogP contribution in [0.2, 0.25) is 0 Å². The quantitative estimate of drug-likeness (QED) is 0.771. The highest BCUT2D eigenvalue weighted by Crippen LogP contribution is 2.29. The monoisotopic (exact) mass is 202 g/mol. The van der Waals surface area contributed by atoms with Crippen LogP contribution in [-0.4, -0.2) is 14.9 Å². The first-order chi connectivity index (χ1) is 7.09. The average molecular weight is 202 g/mol. The average Bonchev–Trinajstić information content (AvgIpc) is 2.50. The van der Waals surface area contributed by atoms with Crippen LogP contribution in [-0.2, 0) is 7.05 Å². The van der Waals surface area contributed by atoms with E-state index < -0.39 is 0 Å². The van der Waals surface area contributed by atoms with Crippen LogP contribution in [0, 0.1) is 13.8 Å². The molecule has 0 atom stereocenters. The van der Waals surface area contributed by atoms with Crippen molar-refractivity contribution >= 4 is 0 Å². The van der Waals surface area contributed by atoms with E-state index in [1.807, 2.05) is 39.2 Å². The number of phenols is 1. The molecule has 1 aromatic heterocycles. The smallest absolute Gasteiger partial charge is 0.119 e. The zero-order chi connectivity index (χ0) is 11.0. The Balaban J connectivity index is 2.64. The molecule has 0 aliphatic heterocycles. The molecule has 0 amide bonds. The van der Waals surface area contributed by atoms with Crippen molar-refractivity contribution in [1.82, 2.24) is 9.78 Å². The molecule has 2 rings (SSSR count). The highest BCUT2D eigenvalue weighted by molar-refractivity contribution is 5.68. The van der Waals surface area contributed by atoms with Crippen molar-refractivity contribution in [2.75, 3.05) is 0 Å². The van der Waals surface area contributed by atoms with Crippen molar-refractivity contribution in [1.29, 1.82) is 0 Å². The molecule has 0 saturated carbocycles. The fourth-order valence-electron chi connectivity index (χ4n) is 1.75. The summed E-state index contributed by atoms with van der Waals surface area (Å²) in [7, 11) is 1.90. The first kappa shape index (κ1) is 9.77. The van der Waals surface area contributed by atoms with Gasteiger partial charge in [0.2, 0.25) is 0 Å². The molecule has 1 N–H and O–H groups in total. The third-order valence-corrected chi connectivity index (χ3v) is 2.57. The molecule has 0 fully saturated rings. The fraction of sp³-hybridized carbons (Fsp3) is 0.250. The van der Waals surface area contributed by atoms with E-state index in [2.05, 4.69) is 5.10 Å². The van der Waals surface area contributed by atoms with Crippen molar-refractivity contribution < 1.29 is 5.11 Å². The molecule has 0 spiro atoms. The summed E-state index contributed by atoms with van der Waals surface area (Å²) in [6, 6.07) is 5.51. The van der Waals surface area contributed by atoms with Gasteiger partial charge in [-0.1, -0.05) is 12.1 Å². The predicted molar refractivity (Wildman–Crippen MR) is 59.8 cm³/mol. The number of hydrogen-bond donors (Lipinski definition) is 1. The fourth-order valence-corrected chi connectivity index (χ4v) is 1.75. The second-order valence-electron chi connectivity index (χ2n) is 3.78. The molecule has 15 heavy (non-hydrogen) atoms. The lowest BCUT2D eigenvalue weighted by molar-refractivity contribution is 0.471. The SMILES string of the molecule is Cc1cn(C)nc1-c1cccc(O)c1C. The predicted octanol–water partition coefficient (Wildman–Crippen LogP) is 2.41. The number of nitrogens with zero attached hydrogens (tertiary/aromatic N) is 2. The summed E-state index contributed by atoms with van der Waals surface area (Å²) in [5.41, 5.74) is 3.92. The van der Waals surface area contributed by atoms with Gasteiger partial charge in [-0.05, 0) is 25.5 Å². The van der Waals surface area contributed by atoms with Crippen LogP contribution in [0.4, 0.5) is 0 Å². The summed E-state index contributed by atoms with van der Waals surface area (Å²) in [5.74, 6) is 0.317. The van der Waals surface area contributed by atoms with Gasteiger partial charge < -0.3 is 5.11 Å². The van der Waals surface area contributed by atoms with Gasteiger partial charge in [0.15, 0.2) is 0 Å². The van der Waals surface area contributed by atoms with Crippen molar-refractivity contribution in [3.8, 4) is 17.0 Å². The zero-order valence-electron chi connectivity index (χ0n) is 9.15. The molecule has 0 unspecified atom stereocenters. The van der Waals surface area contributed by atoms with Crippen molar-refractivity contribution in [2.24, 2.45) is 7.05 Å². The van der Waals surface area contributed by atoms with Gasteiger partial charge in [-0.15, -0.1) is 0 Å². The van der Waals surface area contributed by atoms with Gasteiger partial charge in [0.25, 0.3) is 0 Å². The van der Waals surface area contributed by atoms with Crippen molar-refractivity contribution in [3.05, 3.63) is 35.5 Å². The number of aromatic hydroxyl groups is 1. The lowest BCUT2D eigenvalue weighted by Crippen LogP contribution is -1.90. The summed E-state index contributed by atoms with van der Waals surface area (Å²) in [4.78, 5) is 0. The maximum absolute atomic E-state index is 9.62. The Bertz CT molecular complexity index is 500. The Labute approximate surface area is 89.0 Å². The third kappa shape index (κ3) is 1.61. The van der Waals surface area contributed by atoms with Gasteiger partial charge in [0.1, 0.15) is 5.75 Å². The van der Waals surface area contributed by atoms with Gasteiger partial charge in [-0.25, -0.2) is 0 Å². The molecule has 1 heterocycles. The topological polar surface area (TPSA) is 38.0 Å². The van der Waals surface area contributed by atoms with E-state index in [-0.39, 0.29) is 0 Å². The van der Waals surface area contributed by atoms with Gasteiger partial charge in [-0.3, -0.25) is 4.68 Å². The Kier molecular flexibility index (Phi) is 2.23. The van der Waals surface area contributed by atoms with Crippen LogP contribution in [0.3, 0.4) is 0 Å². The van der Waals surface area contributed by atoms with Gasteiger partial charge in [-0.2, -0.15) is 5.10 Å². The van der Waals surface area contributed by atoms with Gasteiger partial charge in [0, 0.05) is 24.4 Å².